The van der Waals surface area contributed by atoms with Crippen LogP contribution < -0.4 is 10.6 Å². The largest absolute Gasteiger partial charge is 0.347 e. The second kappa shape index (κ2) is 3.69. The van der Waals surface area contributed by atoms with Crippen molar-refractivity contribution < 1.29 is 0 Å². The Kier molecular flexibility index (Phi) is 2.83. The summed E-state index contributed by atoms with van der Waals surface area (Å²) in [5.74, 6) is 0.625. The van der Waals surface area contributed by atoms with Crippen molar-refractivity contribution in [3.8, 4) is 0 Å². The molecule has 0 unspecified atom stereocenters. The predicted molar refractivity (Wildman–Crippen MR) is 49.3 cm³/mol. The number of hydrogen-bond acceptors (Lipinski definition) is 4. The number of nitrogens with two attached hydrogens (primary N) is 1. The van der Waals surface area contributed by atoms with E-state index in [-0.39, 0.29) is 0 Å². The van der Waals surface area contributed by atoms with E-state index in [0.29, 0.717) is 23.2 Å². The highest BCUT2D eigenvalue weighted by atomic mass is 35.5. The van der Waals surface area contributed by atoms with Gasteiger partial charge in [0.2, 0.25) is 5.95 Å². The number of nitrogens with zero attached hydrogens (tertiary/aromatic N) is 3. The van der Waals surface area contributed by atoms with Crippen LogP contribution in [0.4, 0.5) is 5.95 Å². The molecule has 66 valence electrons. The second-order valence-corrected chi connectivity index (χ2v) is 2.97. The van der Waals surface area contributed by atoms with Gasteiger partial charge in [-0.15, -0.1) is 0 Å². The van der Waals surface area contributed by atoms with Gasteiger partial charge >= 0.3 is 0 Å². The molecule has 0 fully saturated rings. The molecular formula is C7H11ClN4. The lowest BCUT2D eigenvalue weighted by Gasteiger charge is -2.10. The van der Waals surface area contributed by atoms with E-state index in [0.717, 1.165) is 0 Å². The summed E-state index contributed by atoms with van der Waals surface area (Å²) in [5.41, 5.74) is 6.10. The summed E-state index contributed by atoms with van der Waals surface area (Å²) in [7, 11) is 3.73. The highest BCUT2D eigenvalue weighted by Crippen LogP contribution is 2.13. The topological polar surface area (TPSA) is 55.0 Å². The Morgan fingerprint density at radius 3 is 2.75 bits per heavy atom. The first kappa shape index (κ1) is 9.22. The standard InChI is InChI=1S/C7H11ClN4/c1-12(2)7-10-4-5(8)6(3-9)11-7/h4H,3,9H2,1-2H3. The van der Waals surface area contributed by atoms with E-state index in [1.54, 1.807) is 11.1 Å². The van der Waals surface area contributed by atoms with Crippen LogP contribution in [0, 0.1) is 0 Å². The maximum atomic E-state index is 5.78. The van der Waals surface area contributed by atoms with Gasteiger partial charge in [-0.25, -0.2) is 9.97 Å². The van der Waals surface area contributed by atoms with Crippen LogP contribution in [0.25, 0.3) is 0 Å². The van der Waals surface area contributed by atoms with E-state index in [4.69, 9.17) is 17.3 Å². The quantitative estimate of drug-likeness (QED) is 0.737. The van der Waals surface area contributed by atoms with Gasteiger partial charge in [-0.2, -0.15) is 0 Å². The zero-order valence-electron chi connectivity index (χ0n) is 7.08. The van der Waals surface area contributed by atoms with E-state index < -0.39 is 0 Å². The van der Waals surface area contributed by atoms with Gasteiger partial charge < -0.3 is 10.6 Å². The smallest absolute Gasteiger partial charge is 0.225 e. The third-order valence-electron chi connectivity index (χ3n) is 1.40. The molecule has 0 aliphatic heterocycles. The minimum Gasteiger partial charge on any atom is -0.347 e. The Morgan fingerprint density at radius 1 is 1.58 bits per heavy atom. The lowest BCUT2D eigenvalue weighted by molar-refractivity contribution is 0.922. The molecule has 1 heterocycles. The summed E-state index contributed by atoms with van der Waals surface area (Å²) in [6.45, 7) is 0.336. The number of halogens is 1. The van der Waals surface area contributed by atoms with Crippen molar-refractivity contribution in [2.45, 2.75) is 6.54 Å². The lowest BCUT2D eigenvalue weighted by Crippen LogP contribution is -2.14. The van der Waals surface area contributed by atoms with E-state index >= 15 is 0 Å². The van der Waals surface area contributed by atoms with Crippen molar-refractivity contribution in [3.63, 3.8) is 0 Å². The van der Waals surface area contributed by atoms with Crippen molar-refractivity contribution in [1.29, 1.82) is 0 Å². The molecule has 12 heavy (non-hydrogen) atoms. The van der Waals surface area contributed by atoms with Crippen molar-refractivity contribution in [2.24, 2.45) is 5.73 Å². The highest BCUT2D eigenvalue weighted by Gasteiger charge is 2.04. The van der Waals surface area contributed by atoms with Crippen LogP contribution in [-0.4, -0.2) is 24.1 Å². The van der Waals surface area contributed by atoms with E-state index in [9.17, 15) is 0 Å². The molecule has 1 aromatic rings. The maximum Gasteiger partial charge on any atom is 0.225 e. The maximum absolute atomic E-state index is 5.78. The summed E-state index contributed by atoms with van der Waals surface area (Å²) in [6.07, 6.45) is 1.56. The molecule has 0 atom stereocenters. The second-order valence-electron chi connectivity index (χ2n) is 2.56. The average molecular weight is 187 g/mol. The van der Waals surface area contributed by atoms with Gasteiger partial charge in [-0.3, -0.25) is 0 Å². The van der Waals surface area contributed by atoms with Crippen LogP contribution in [0.1, 0.15) is 5.69 Å². The Hall–Kier alpha value is -0.870. The van der Waals surface area contributed by atoms with Crippen molar-refractivity contribution in [2.75, 3.05) is 19.0 Å². The first-order valence-corrected chi connectivity index (χ1v) is 3.91. The summed E-state index contributed by atoms with van der Waals surface area (Å²) in [5, 5.41) is 0.517. The van der Waals surface area contributed by atoms with Gasteiger partial charge in [0.15, 0.2) is 0 Å². The van der Waals surface area contributed by atoms with Gasteiger partial charge in [0.05, 0.1) is 16.9 Å². The fourth-order valence-corrected chi connectivity index (χ4v) is 0.919. The minimum atomic E-state index is 0.336. The third-order valence-corrected chi connectivity index (χ3v) is 1.71. The Bertz CT molecular complexity index is 274. The monoisotopic (exact) mass is 186 g/mol. The van der Waals surface area contributed by atoms with Gasteiger partial charge in [0, 0.05) is 20.6 Å². The fraction of sp³-hybridized carbons (Fsp3) is 0.429. The molecule has 0 saturated heterocycles. The Labute approximate surface area is 76.4 Å². The molecule has 0 spiro atoms. The van der Waals surface area contributed by atoms with Crippen LogP contribution in [0.3, 0.4) is 0 Å². The number of hydrogen-bond donors (Lipinski definition) is 1. The molecule has 4 nitrogen and oxygen atoms in total. The van der Waals surface area contributed by atoms with Crippen LogP contribution in [0.2, 0.25) is 5.02 Å². The highest BCUT2D eigenvalue weighted by molar-refractivity contribution is 6.31. The number of anilines is 1. The molecular weight excluding hydrogens is 176 g/mol. The average Bonchev–Trinajstić information content (AvgIpc) is 2.05. The minimum absolute atomic E-state index is 0.336. The Balaban J connectivity index is 3.05. The van der Waals surface area contributed by atoms with Crippen molar-refractivity contribution in [1.82, 2.24) is 9.97 Å². The van der Waals surface area contributed by atoms with Gasteiger partial charge in [0.25, 0.3) is 0 Å². The van der Waals surface area contributed by atoms with Crippen LogP contribution in [0.5, 0.6) is 0 Å². The SMILES string of the molecule is CN(C)c1ncc(Cl)c(CN)n1. The summed E-state index contributed by atoms with van der Waals surface area (Å²) < 4.78 is 0. The normalized spacial score (nSPS) is 10.0. The fourth-order valence-electron chi connectivity index (χ4n) is 0.751. The molecule has 0 saturated carbocycles. The van der Waals surface area contributed by atoms with Crippen molar-refractivity contribution >= 4 is 17.5 Å². The summed E-state index contributed by atoms with van der Waals surface area (Å²) >= 11 is 5.78. The molecule has 0 bridgehead atoms. The number of rotatable bonds is 2. The van der Waals surface area contributed by atoms with Crippen molar-refractivity contribution in [3.05, 3.63) is 16.9 Å². The predicted octanol–water partition coefficient (Wildman–Crippen LogP) is 0.655. The molecule has 0 radical (unpaired) electrons. The molecule has 0 amide bonds. The van der Waals surface area contributed by atoms with E-state index in [1.165, 1.54) is 0 Å². The lowest BCUT2D eigenvalue weighted by atomic mass is 10.4. The summed E-state index contributed by atoms with van der Waals surface area (Å²) in [4.78, 5) is 9.96. The molecule has 0 aliphatic carbocycles. The molecule has 1 aromatic heterocycles. The number of aromatic nitrogens is 2. The summed E-state index contributed by atoms with van der Waals surface area (Å²) in [6, 6.07) is 0. The van der Waals surface area contributed by atoms with E-state index in [1.807, 2.05) is 14.1 Å². The van der Waals surface area contributed by atoms with Crippen LogP contribution in [-0.2, 0) is 6.54 Å². The van der Waals surface area contributed by atoms with Crippen LogP contribution >= 0.6 is 11.6 Å². The zero-order chi connectivity index (χ0) is 9.14. The van der Waals surface area contributed by atoms with Crippen LogP contribution in [0.15, 0.2) is 6.20 Å². The first-order valence-electron chi connectivity index (χ1n) is 3.54. The molecule has 0 aliphatic rings. The molecule has 0 aromatic carbocycles. The van der Waals surface area contributed by atoms with Gasteiger partial charge in [-0.05, 0) is 0 Å². The molecule has 1 rings (SSSR count). The Morgan fingerprint density at radius 2 is 2.25 bits per heavy atom. The zero-order valence-corrected chi connectivity index (χ0v) is 7.84. The van der Waals surface area contributed by atoms with E-state index in [2.05, 4.69) is 9.97 Å². The molecule has 2 N–H and O–H groups in total. The van der Waals surface area contributed by atoms with Gasteiger partial charge in [-0.1, -0.05) is 11.6 Å². The third kappa shape index (κ3) is 1.84. The van der Waals surface area contributed by atoms with Gasteiger partial charge in [0.1, 0.15) is 0 Å². The molecule has 5 heteroatoms. The first-order chi connectivity index (χ1) is 5.65.